The van der Waals surface area contributed by atoms with Gasteiger partial charge in [-0.05, 0) is 36.4 Å². The Kier molecular flexibility index (Phi) is 4.25. The van der Waals surface area contributed by atoms with Crippen molar-refractivity contribution in [3.8, 4) is 11.5 Å². The quantitative estimate of drug-likeness (QED) is 0.931. The standard InChI is InChI=1S/C15H13F3N2O2/c1-20(14(19)21)12-4-2-3-5-13(12)22-11-8-6-10(7-9-11)15(16,17)18/h2-9H,1H3,(H2,19,21). The maximum atomic E-state index is 12.5. The summed E-state index contributed by atoms with van der Waals surface area (Å²) in [5, 5.41) is 0. The monoisotopic (exact) mass is 310 g/mol. The normalized spacial score (nSPS) is 11.1. The lowest BCUT2D eigenvalue weighted by Gasteiger charge is -2.18. The number of benzene rings is 2. The van der Waals surface area contributed by atoms with Crippen molar-refractivity contribution < 1.29 is 22.7 Å². The Morgan fingerprint density at radius 1 is 1.09 bits per heavy atom. The van der Waals surface area contributed by atoms with Crippen LogP contribution in [0.2, 0.25) is 0 Å². The molecule has 0 saturated heterocycles. The average Bonchev–Trinajstić information content (AvgIpc) is 2.46. The second-order valence-electron chi connectivity index (χ2n) is 4.49. The van der Waals surface area contributed by atoms with Gasteiger partial charge in [-0.1, -0.05) is 12.1 Å². The SMILES string of the molecule is CN(C(N)=O)c1ccccc1Oc1ccc(C(F)(F)F)cc1. The van der Waals surface area contributed by atoms with E-state index in [1.165, 1.54) is 24.1 Å². The Morgan fingerprint density at radius 2 is 1.68 bits per heavy atom. The zero-order chi connectivity index (χ0) is 16.3. The van der Waals surface area contributed by atoms with Crippen molar-refractivity contribution in [3.05, 3.63) is 54.1 Å². The number of anilines is 1. The summed E-state index contributed by atoms with van der Waals surface area (Å²) in [5.74, 6) is 0.530. The van der Waals surface area contributed by atoms with Gasteiger partial charge in [0.25, 0.3) is 0 Å². The fourth-order valence-electron chi connectivity index (χ4n) is 1.78. The largest absolute Gasteiger partial charge is 0.455 e. The maximum absolute atomic E-state index is 12.5. The molecule has 0 aliphatic heterocycles. The van der Waals surface area contributed by atoms with E-state index >= 15 is 0 Å². The van der Waals surface area contributed by atoms with Gasteiger partial charge in [0.2, 0.25) is 0 Å². The minimum absolute atomic E-state index is 0.221. The molecule has 2 N–H and O–H groups in total. The van der Waals surface area contributed by atoms with E-state index in [1.54, 1.807) is 24.3 Å². The number of hydrogen-bond donors (Lipinski definition) is 1. The second-order valence-corrected chi connectivity index (χ2v) is 4.49. The molecule has 0 aliphatic carbocycles. The number of urea groups is 1. The lowest BCUT2D eigenvalue weighted by molar-refractivity contribution is -0.137. The molecule has 0 radical (unpaired) electrons. The maximum Gasteiger partial charge on any atom is 0.416 e. The third-order valence-electron chi connectivity index (χ3n) is 2.97. The molecule has 0 fully saturated rings. The molecule has 116 valence electrons. The number of carbonyl (C=O) groups excluding carboxylic acids is 1. The minimum Gasteiger partial charge on any atom is -0.455 e. The summed E-state index contributed by atoms with van der Waals surface area (Å²) < 4.78 is 43.1. The zero-order valence-electron chi connectivity index (χ0n) is 11.6. The highest BCUT2D eigenvalue weighted by molar-refractivity contribution is 5.91. The lowest BCUT2D eigenvalue weighted by atomic mass is 10.2. The molecule has 0 atom stereocenters. The van der Waals surface area contributed by atoms with E-state index in [4.69, 9.17) is 10.5 Å². The molecule has 0 aliphatic rings. The van der Waals surface area contributed by atoms with Crippen LogP contribution in [0.25, 0.3) is 0 Å². The first-order chi connectivity index (χ1) is 10.3. The first kappa shape index (κ1) is 15.7. The molecule has 0 spiro atoms. The number of alkyl halides is 3. The number of ether oxygens (including phenoxy) is 1. The number of halogens is 3. The third kappa shape index (κ3) is 3.49. The fourth-order valence-corrected chi connectivity index (χ4v) is 1.78. The summed E-state index contributed by atoms with van der Waals surface area (Å²) in [6.07, 6.45) is -4.40. The van der Waals surface area contributed by atoms with Crippen molar-refractivity contribution in [3.63, 3.8) is 0 Å². The van der Waals surface area contributed by atoms with Crippen LogP contribution in [0.5, 0.6) is 11.5 Å². The van der Waals surface area contributed by atoms with Crippen molar-refractivity contribution in [1.82, 2.24) is 0 Å². The van der Waals surface area contributed by atoms with E-state index in [-0.39, 0.29) is 5.75 Å². The van der Waals surface area contributed by atoms with Gasteiger partial charge in [-0.25, -0.2) is 4.79 Å². The van der Waals surface area contributed by atoms with Crippen LogP contribution >= 0.6 is 0 Å². The second kappa shape index (κ2) is 5.97. The van der Waals surface area contributed by atoms with Crippen LogP contribution < -0.4 is 15.4 Å². The average molecular weight is 310 g/mol. The molecule has 2 amide bonds. The van der Waals surface area contributed by atoms with Crippen LogP contribution in [0.15, 0.2) is 48.5 Å². The summed E-state index contributed by atoms with van der Waals surface area (Å²) in [4.78, 5) is 12.4. The highest BCUT2D eigenvalue weighted by Gasteiger charge is 2.30. The molecule has 0 bridgehead atoms. The molecule has 22 heavy (non-hydrogen) atoms. The minimum atomic E-state index is -4.40. The molecule has 2 aromatic rings. The Bertz CT molecular complexity index is 669. The van der Waals surface area contributed by atoms with Crippen molar-refractivity contribution in [2.24, 2.45) is 5.73 Å². The van der Waals surface area contributed by atoms with Crippen LogP contribution in [0, 0.1) is 0 Å². The smallest absolute Gasteiger partial charge is 0.416 e. The van der Waals surface area contributed by atoms with Gasteiger partial charge in [0.15, 0.2) is 5.75 Å². The van der Waals surface area contributed by atoms with Crippen molar-refractivity contribution in [1.29, 1.82) is 0 Å². The molecule has 2 rings (SSSR count). The fraction of sp³-hybridized carbons (Fsp3) is 0.133. The number of nitrogens with zero attached hydrogens (tertiary/aromatic N) is 1. The summed E-state index contributed by atoms with van der Waals surface area (Å²) >= 11 is 0. The third-order valence-corrected chi connectivity index (χ3v) is 2.97. The zero-order valence-corrected chi connectivity index (χ0v) is 11.6. The number of primary amides is 1. The van der Waals surface area contributed by atoms with Gasteiger partial charge in [0.05, 0.1) is 11.3 Å². The van der Waals surface area contributed by atoms with Crippen molar-refractivity contribution >= 4 is 11.7 Å². The van der Waals surface area contributed by atoms with Crippen molar-refractivity contribution in [2.45, 2.75) is 6.18 Å². The summed E-state index contributed by atoms with van der Waals surface area (Å²) in [6, 6.07) is 10.2. The molecule has 0 unspecified atom stereocenters. The first-order valence-electron chi connectivity index (χ1n) is 6.26. The molecule has 2 aromatic carbocycles. The van der Waals surface area contributed by atoms with E-state index in [0.717, 1.165) is 12.1 Å². The van der Waals surface area contributed by atoms with Gasteiger partial charge in [0, 0.05) is 7.05 Å². The molecular weight excluding hydrogens is 297 g/mol. The molecule has 0 aromatic heterocycles. The Labute approximate surface area is 124 Å². The van der Waals surface area contributed by atoms with E-state index in [9.17, 15) is 18.0 Å². The molecular formula is C15H13F3N2O2. The summed E-state index contributed by atoms with van der Waals surface area (Å²) in [7, 11) is 1.47. The van der Waals surface area contributed by atoms with Gasteiger partial charge in [-0.3, -0.25) is 4.90 Å². The number of rotatable bonds is 3. The van der Waals surface area contributed by atoms with Gasteiger partial charge in [0.1, 0.15) is 5.75 Å². The van der Waals surface area contributed by atoms with E-state index in [2.05, 4.69) is 0 Å². The van der Waals surface area contributed by atoms with E-state index < -0.39 is 17.8 Å². The van der Waals surface area contributed by atoms with Gasteiger partial charge < -0.3 is 10.5 Å². The molecule has 0 saturated carbocycles. The molecule has 4 nitrogen and oxygen atoms in total. The topological polar surface area (TPSA) is 55.6 Å². The lowest BCUT2D eigenvalue weighted by Crippen LogP contribution is -2.31. The number of para-hydroxylation sites is 2. The molecule has 7 heteroatoms. The Hall–Kier alpha value is -2.70. The van der Waals surface area contributed by atoms with E-state index in [1.807, 2.05) is 0 Å². The van der Waals surface area contributed by atoms with Gasteiger partial charge in [-0.2, -0.15) is 13.2 Å². The van der Waals surface area contributed by atoms with Crippen molar-refractivity contribution in [2.75, 3.05) is 11.9 Å². The van der Waals surface area contributed by atoms with Gasteiger partial charge >= 0.3 is 12.2 Å². The Morgan fingerprint density at radius 3 is 2.23 bits per heavy atom. The van der Waals surface area contributed by atoms with Crippen LogP contribution in [0.1, 0.15) is 5.56 Å². The number of amides is 2. The number of hydrogen-bond acceptors (Lipinski definition) is 2. The van der Waals surface area contributed by atoms with Crippen LogP contribution in [0.3, 0.4) is 0 Å². The van der Waals surface area contributed by atoms with Crippen LogP contribution in [-0.2, 0) is 6.18 Å². The molecule has 0 heterocycles. The predicted octanol–water partition coefficient (Wildman–Crippen LogP) is 4.01. The Balaban J connectivity index is 2.26. The highest BCUT2D eigenvalue weighted by atomic mass is 19.4. The first-order valence-corrected chi connectivity index (χ1v) is 6.26. The predicted molar refractivity (Wildman–Crippen MR) is 75.9 cm³/mol. The number of carbonyl (C=O) groups is 1. The van der Waals surface area contributed by atoms with Crippen LogP contribution in [-0.4, -0.2) is 13.1 Å². The van der Waals surface area contributed by atoms with Crippen LogP contribution in [0.4, 0.5) is 23.7 Å². The summed E-state index contributed by atoms with van der Waals surface area (Å²) in [5.41, 5.74) is 4.85. The highest BCUT2D eigenvalue weighted by Crippen LogP contribution is 2.34. The summed E-state index contributed by atoms with van der Waals surface area (Å²) in [6.45, 7) is 0. The van der Waals surface area contributed by atoms with E-state index in [0.29, 0.717) is 11.4 Å². The number of nitrogens with two attached hydrogens (primary N) is 1. The van der Waals surface area contributed by atoms with Gasteiger partial charge in [-0.15, -0.1) is 0 Å².